The van der Waals surface area contributed by atoms with Crippen LogP contribution < -0.4 is 5.32 Å². The lowest BCUT2D eigenvalue weighted by molar-refractivity contribution is 1.64. The van der Waals surface area contributed by atoms with Gasteiger partial charge in [-0.1, -0.05) is 0 Å². The fourth-order valence-electron chi connectivity index (χ4n) is 1.12. The summed E-state index contributed by atoms with van der Waals surface area (Å²) in [7, 11) is 0. The molecule has 1 nitrogen and oxygen atoms in total. The van der Waals surface area contributed by atoms with E-state index in [0.717, 1.165) is 0 Å². The van der Waals surface area contributed by atoms with Crippen LogP contribution in [0, 0.1) is 13.8 Å². The maximum atomic E-state index is 3.38. The first kappa shape index (κ1) is 8.78. The third-order valence-electron chi connectivity index (χ3n) is 1.73. The van der Waals surface area contributed by atoms with Gasteiger partial charge < -0.3 is 5.32 Å². The second kappa shape index (κ2) is 3.52. The fraction of sp³-hybridized carbons (Fsp3) is 0.200. The lowest BCUT2D eigenvalue weighted by atomic mass is 10.5. The summed E-state index contributed by atoms with van der Waals surface area (Å²) in [6.45, 7) is 4.24. The number of rotatable bonds is 2. The third-order valence-corrected chi connectivity index (χ3v) is 3.56. The Hall–Kier alpha value is -0.800. The van der Waals surface area contributed by atoms with Crippen LogP contribution in [0.1, 0.15) is 9.75 Å². The van der Waals surface area contributed by atoms with Crippen molar-refractivity contribution in [2.45, 2.75) is 13.8 Å². The molecule has 2 aromatic rings. The molecule has 13 heavy (non-hydrogen) atoms. The molecule has 0 spiro atoms. The van der Waals surface area contributed by atoms with Crippen LogP contribution in [0.2, 0.25) is 0 Å². The van der Waals surface area contributed by atoms with Crippen molar-refractivity contribution in [3.05, 3.63) is 34.0 Å². The van der Waals surface area contributed by atoms with Gasteiger partial charge in [0.05, 0.1) is 10.0 Å². The molecular weight excluding hydrogens is 198 g/mol. The average molecular weight is 209 g/mol. The van der Waals surface area contributed by atoms with E-state index >= 15 is 0 Å². The summed E-state index contributed by atoms with van der Waals surface area (Å²) < 4.78 is 0. The Balaban J connectivity index is 2.14. The fourth-order valence-corrected chi connectivity index (χ4v) is 2.75. The van der Waals surface area contributed by atoms with Crippen LogP contribution in [0.3, 0.4) is 0 Å². The van der Waals surface area contributed by atoms with Crippen molar-refractivity contribution in [1.29, 1.82) is 0 Å². The zero-order chi connectivity index (χ0) is 9.26. The highest BCUT2D eigenvalue weighted by Crippen LogP contribution is 2.28. The SMILES string of the molecule is Cc1ccc(Nc2ccc(C)s2)s1. The van der Waals surface area contributed by atoms with Gasteiger partial charge in [0, 0.05) is 9.75 Å². The van der Waals surface area contributed by atoms with Gasteiger partial charge in [0.1, 0.15) is 0 Å². The second-order valence-corrected chi connectivity index (χ2v) is 5.52. The molecule has 0 atom stereocenters. The molecule has 1 N–H and O–H groups in total. The minimum absolute atomic E-state index is 1.22. The minimum atomic E-state index is 1.22. The zero-order valence-electron chi connectivity index (χ0n) is 7.63. The first-order chi connectivity index (χ1) is 6.24. The largest absolute Gasteiger partial charge is 0.339 e. The highest BCUT2D eigenvalue weighted by atomic mass is 32.1. The van der Waals surface area contributed by atoms with Crippen molar-refractivity contribution in [2.24, 2.45) is 0 Å². The number of anilines is 2. The maximum Gasteiger partial charge on any atom is 0.0935 e. The van der Waals surface area contributed by atoms with Crippen LogP contribution in [0.15, 0.2) is 24.3 Å². The van der Waals surface area contributed by atoms with Crippen LogP contribution in [0.5, 0.6) is 0 Å². The summed E-state index contributed by atoms with van der Waals surface area (Å²) in [5.74, 6) is 0. The van der Waals surface area contributed by atoms with Crippen molar-refractivity contribution in [3.8, 4) is 0 Å². The third kappa shape index (κ3) is 2.11. The van der Waals surface area contributed by atoms with Gasteiger partial charge in [-0.2, -0.15) is 0 Å². The molecule has 0 amide bonds. The molecule has 0 aliphatic carbocycles. The molecule has 68 valence electrons. The molecule has 0 aliphatic heterocycles. The Kier molecular flexibility index (Phi) is 2.38. The summed E-state index contributed by atoms with van der Waals surface area (Å²) in [4.78, 5) is 2.69. The van der Waals surface area contributed by atoms with Gasteiger partial charge in [-0.05, 0) is 38.1 Å². The van der Waals surface area contributed by atoms with Gasteiger partial charge >= 0.3 is 0 Å². The molecule has 0 aromatic carbocycles. The van der Waals surface area contributed by atoms with E-state index in [4.69, 9.17) is 0 Å². The summed E-state index contributed by atoms with van der Waals surface area (Å²) in [6.07, 6.45) is 0. The minimum Gasteiger partial charge on any atom is -0.339 e. The second-order valence-electron chi connectivity index (χ2n) is 2.95. The Morgan fingerprint density at radius 2 is 1.31 bits per heavy atom. The highest BCUT2D eigenvalue weighted by molar-refractivity contribution is 7.18. The molecule has 0 unspecified atom stereocenters. The molecule has 2 heterocycles. The summed E-state index contributed by atoms with van der Waals surface area (Å²) in [5, 5.41) is 5.83. The van der Waals surface area contributed by atoms with E-state index in [0.29, 0.717) is 0 Å². The molecular formula is C10H11NS2. The van der Waals surface area contributed by atoms with Crippen LogP contribution in [0.4, 0.5) is 10.0 Å². The topological polar surface area (TPSA) is 12.0 Å². The van der Waals surface area contributed by atoms with E-state index in [-0.39, 0.29) is 0 Å². The van der Waals surface area contributed by atoms with Gasteiger partial charge in [0.2, 0.25) is 0 Å². The van der Waals surface area contributed by atoms with Crippen LogP contribution in [-0.4, -0.2) is 0 Å². The normalized spacial score (nSPS) is 10.3. The lowest BCUT2D eigenvalue weighted by Gasteiger charge is -1.97. The summed E-state index contributed by atoms with van der Waals surface area (Å²) >= 11 is 3.57. The Morgan fingerprint density at radius 3 is 1.62 bits per heavy atom. The Bertz CT molecular complexity index is 362. The maximum absolute atomic E-state index is 3.38. The van der Waals surface area contributed by atoms with E-state index in [1.807, 2.05) is 0 Å². The van der Waals surface area contributed by atoms with Gasteiger partial charge in [0.15, 0.2) is 0 Å². The Morgan fingerprint density at radius 1 is 0.846 bits per heavy atom. The van der Waals surface area contributed by atoms with Crippen molar-refractivity contribution in [3.63, 3.8) is 0 Å². The van der Waals surface area contributed by atoms with Gasteiger partial charge in [-0.3, -0.25) is 0 Å². The first-order valence-corrected chi connectivity index (χ1v) is 5.77. The molecule has 0 saturated heterocycles. The van der Waals surface area contributed by atoms with E-state index in [9.17, 15) is 0 Å². The molecule has 0 fully saturated rings. The average Bonchev–Trinajstić information content (AvgIpc) is 2.62. The highest BCUT2D eigenvalue weighted by Gasteiger charge is 1.98. The standard InChI is InChI=1S/C10H11NS2/c1-7-3-5-9(12-7)11-10-6-4-8(2)13-10/h3-6,11H,1-2H3. The van der Waals surface area contributed by atoms with E-state index in [2.05, 4.69) is 43.4 Å². The number of nitrogens with one attached hydrogen (secondary N) is 1. The van der Waals surface area contributed by atoms with Crippen LogP contribution in [0.25, 0.3) is 0 Å². The molecule has 2 rings (SSSR count). The van der Waals surface area contributed by atoms with Crippen molar-refractivity contribution in [1.82, 2.24) is 0 Å². The van der Waals surface area contributed by atoms with E-state index in [1.54, 1.807) is 22.7 Å². The number of hydrogen-bond acceptors (Lipinski definition) is 3. The zero-order valence-corrected chi connectivity index (χ0v) is 9.26. The molecule has 0 bridgehead atoms. The molecule has 0 aliphatic rings. The number of thiophene rings is 2. The quantitative estimate of drug-likeness (QED) is 0.782. The predicted octanol–water partition coefficient (Wildman–Crippen LogP) is 4.17. The van der Waals surface area contributed by atoms with Crippen molar-refractivity contribution < 1.29 is 0 Å². The van der Waals surface area contributed by atoms with Crippen LogP contribution in [-0.2, 0) is 0 Å². The van der Waals surface area contributed by atoms with Gasteiger partial charge in [0.25, 0.3) is 0 Å². The number of hydrogen-bond donors (Lipinski definition) is 1. The van der Waals surface area contributed by atoms with Crippen molar-refractivity contribution >= 4 is 32.7 Å². The molecule has 3 heteroatoms. The van der Waals surface area contributed by atoms with E-state index < -0.39 is 0 Å². The van der Waals surface area contributed by atoms with E-state index in [1.165, 1.54) is 19.8 Å². The molecule has 0 saturated carbocycles. The predicted molar refractivity (Wildman–Crippen MR) is 61.4 cm³/mol. The lowest BCUT2D eigenvalue weighted by Crippen LogP contribution is -1.80. The van der Waals surface area contributed by atoms with Gasteiger partial charge in [-0.15, -0.1) is 22.7 Å². The van der Waals surface area contributed by atoms with Crippen LogP contribution >= 0.6 is 22.7 Å². The summed E-state index contributed by atoms with van der Waals surface area (Å²) in [5.41, 5.74) is 0. The van der Waals surface area contributed by atoms with Gasteiger partial charge in [-0.25, -0.2) is 0 Å². The monoisotopic (exact) mass is 209 g/mol. The summed E-state index contributed by atoms with van der Waals surface area (Å²) in [6, 6.07) is 8.50. The Labute approximate surface area is 86.0 Å². The number of aryl methyl sites for hydroxylation is 2. The molecule has 0 radical (unpaired) electrons. The van der Waals surface area contributed by atoms with Crippen molar-refractivity contribution in [2.75, 3.05) is 5.32 Å². The smallest absolute Gasteiger partial charge is 0.0935 e. The molecule has 2 aromatic heterocycles. The first-order valence-electron chi connectivity index (χ1n) is 4.14.